The van der Waals surface area contributed by atoms with E-state index in [-0.39, 0.29) is 0 Å². The summed E-state index contributed by atoms with van der Waals surface area (Å²) < 4.78 is 2.66. The minimum absolute atomic E-state index is 1.31. The molecule has 0 unspecified atom stereocenters. The van der Waals surface area contributed by atoms with Crippen LogP contribution in [0.15, 0.2) is 12.2 Å². The van der Waals surface area contributed by atoms with Crippen molar-refractivity contribution in [2.45, 2.75) is 89.9 Å². The van der Waals surface area contributed by atoms with Gasteiger partial charge in [0.25, 0.3) is 0 Å². The SMILES string of the molecule is ICCCCCCCCC=CCCCCCCCCI. The van der Waals surface area contributed by atoms with Gasteiger partial charge < -0.3 is 0 Å². The van der Waals surface area contributed by atoms with Crippen molar-refractivity contribution in [3.05, 3.63) is 12.2 Å². The maximum atomic E-state index is 2.48. The zero-order chi connectivity index (χ0) is 14.7. The summed E-state index contributed by atoms with van der Waals surface area (Å²) in [5.41, 5.74) is 0. The van der Waals surface area contributed by atoms with Gasteiger partial charge in [-0.2, -0.15) is 0 Å². The normalized spacial score (nSPS) is 11.5. The third kappa shape index (κ3) is 19.2. The average Bonchev–Trinajstić information content (AvgIpc) is 2.47. The molecule has 0 aliphatic rings. The summed E-state index contributed by atoms with van der Waals surface area (Å²) in [5.74, 6) is 0. The Morgan fingerprint density at radius 3 is 1.05 bits per heavy atom. The smallest absolute Gasteiger partial charge is 0.000473 e. The highest BCUT2D eigenvalue weighted by molar-refractivity contribution is 14.1. The first kappa shape index (κ1) is 21.2. The number of alkyl halides is 2. The second-order valence-corrected chi connectivity index (χ2v) is 7.83. The molecule has 0 amide bonds. The highest BCUT2D eigenvalue weighted by Gasteiger charge is 1.91. The Hall–Kier alpha value is 1.20. The van der Waals surface area contributed by atoms with Gasteiger partial charge in [0.2, 0.25) is 0 Å². The van der Waals surface area contributed by atoms with Crippen LogP contribution in [0.4, 0.5) is 0 Å². The fourth-order valence-electron chi connectivity index (χ4n) is 2.36. The summed E-state index contributed by atoms with van der Waals surface area (Å²) in [6, 6.07) is 0. The van der Waals surface area contributed by atoms with E-state index in [9.17, 15) is 0 Å². The Labute approximate surface area is 155 Å². The van der Waals surface area contributed by atoms with E-state index >= 15 is 0 Å². The van der Waals surface area contributed by atoms with Crippen molar-refractivity contribution >= 4 is 45.2 Å². The van der Waals surface area contributed by atoms with Gasteiger partial charge in [-0.05, 0) is 47.4 Å². The molecule has 0 rings (SSSR count). The average molecular weight is 504 g/mol. The quantitative estimate of drug-likeness (QED) is 0.0869. The van der Waals surface area contributed by atoms with E-state index in [0.717, 1.165) is 0 Å². The largest absolute Gasteiger partial charge is 0.0885 e. The molecule has 0 nitrogen and oxygen atoms in total. The predicted octanol–water partition coefficient (Wildman–Crippen LogP) is 7.87. The van der Waals surface area contributed by atoms with Gasteiger partial charge in [-0.1, -0.05) is 109 Å². The molecule has 120 valence electrons. The third-order valence-corrected chi connectivity index (χ3v) is 5.20. The molecule has 0 aromatic heterocycles. The standard InChI is InChI=1S/C18H34I2/c19-17-15-13-11-9-7-5-3-1-2-4-6-8-10-12-14-16-18-20/h1-2H,3-18H2. The molecule has 0 atom stereocenters. The van der Waals surface area contributed by atoms with Crippen molar-refractivity contribution in [2.24, 2.45) is 0 Å². The lowest BCUT2D eigenvalue weighted by molar-refractivity contribution is 0.610. The fraction of sp³-hybridized carbons (Fsp3) is 0.889. The Balaban J connectivity index is 3.01. The minimum atomic E-state index is 1.31. The summed E-state index contributed by atoms with van der Waals surface area (Å²) >= 11 is 4.96. The number of rotatable bonds is 16. The van der Waals surface area contributed by atoms with Crippen LogP contribution in [0.2, 0.25) is 0 Å². The lowest BCUT2D eigenvalue weighted by atomic mass is 10.1. The molecule has 0 aliphatic carbocycles. The number of hydrogen-bond donors (Lipinski definition) is 0. The topological polar surface area (TPSA) is 0 Å². The van der Waals surface area contributed by atoms with Gasteiger partial charge in [-0.25, -0.2) is 0 Å². The summed E-state index contributed by atoms with van der Waals surface area (Å²) in [6.45, 7) is 0. The van der Waals surface area contributed by atoms with Gasteiger partial charge in [-0.15, -0.1) is 0 Å². The predicted molar refractivity (Wildman–Crippen MR) is 112 cm³/mol. The van der Waals surface area contributed by atoms with Crippen LogP contribution in [0, 0.1) is 0 Å². The number of halogens is 2. The van der Waals surface area contributed by atoms with Crippen LogP contribution >= 0.6 is 45.2 Å². The van der Waals surface area contributed by atoms with Gasteiger partial charge in [-0.3, -0.25) is 0 Å². The Kier molecular flexibility index (Phi) is 21.4. The molecule has 0 aromatic rings. The monoisotopic (exact) mass is 504 g/mol. The molecule has 0 N–H and O–H groups in total. The first-order chi connectivity index (χ1) is 9.91. The van der Waals surface area contributed by atoms with Crippen molar-refractivity contribution in [3.8, 4) is 0 Å². The van der Waals surface area contributed by atoms with E-state index in [1.54, 1.807) is 0 Å². The zero-order valence-electron chi connectivity index (χ0n) is 13.2. The molecule has 0 aliphatic heterocycles. The Morgan fingerprint density at radius 1 is 0.400 bits per heavy atom. The molecule has 0 heterocycles. The number of allylic oxidation sites excluding steroid dienone is 2. The van der Waals surface area contributed by atoms with E-state index in [2.05, 4.69) is 57.3 Å². The van der Waals surface area contributed by atoms with Crippen molar-refractivity contribution in [1.82, 2.24) is 0 Å². The highest BCUT2D eigenvalue weighted by Crippen LogP contribution is 2.10. The Morgan fingerprint density at radius 2 is 0.700 bits per heavy atom. The molecule has 0 spiro atoms. The van der Waals surface area contributed by atoms with E-state index in [0.29, 0.717) is 0 Å². The van der Waals surface area contributed by atoms with Crippen LogP contribution < -0.4 is 0 Å². The molecule has 0 saturated carbocycles. The molecule has 0 radical (unpaired) electrons. The molecular weight excluding hydrogens is 470 g/mol. The molecular formula is C18H34I2. The van der Waals surface area contributed by atoms with Gasteiger partial charge in [0.1, 0.15) is 0 Å². The lowest BCUT2D eigenvalue weighted by Crippen LogP contribution is -1.81. The van der Waals surface area contributed by atoms with Gasteiger partial charge in [0.15, 0.2) is 0 Å². The summed E-state index contributed by atoms with van der Waals surface area (Å²) in [5, 5.41) is 0. The number of unbranched alkanes of at least 4 members (excludes halogenated alkanes) is 12. The Bertz CT molecular complexity index is 170. The van der Waals surface area contributed by atoms with Crippen LogP contribution in [0.5, 0.6) is 0 Å². The summed E-state index contributed by atoms with van der Waals surface area (Å²) in [6.07, 6.45) is 24.6. The highest BCUT2D eigenvalue weighted by atomic mass is 127. The van der Waals surface area contributed by atoms with Gasteiger partial charge in [0, 0.05) is 0 Å². The maximum Gasteiger partial charge on any atom is -0.000473 e. The second-order valence-electron chi connectivity index (χ2n) is 5.67. The van der Waals surface area contributed by atoms with Gasteiger partial charge in [0.05, 0.1) is 0 Å². The molecule has 0 fully saturated rings. The first-order valence-electron chi connectivity index (χ1n) is 8.68. The van der Waals surface area contributed by atoms with Crippen molar-refractivity contribution in [3.63, 3.8) is 0 Å². The van der Waals surface area contributed by atoms with Crippen molar-refractivity contribution < 1.29 is 0 Å². The van der Waals surface area contributed by atoms with E-state index in [4.69, 9.17) is 0 Å². The van der Waals surface area contributed by atoms with Crippen LogP contribution in [0.1, 0.15) is 89.9 Å². The van der Waals surface area contributed by atoms with Gasteiger partial charge >= 0.3 is 0 Å². The molecule has 0 saturated heterocycles. The molecule has 0 bridgehead atoms. The fourth-order valence-corrected chi connectivity index (χ4v) is 3.44. The third-order valence-electron chi connectivity index (χ3n) is 3.68. The van der Waals surface area contributed by atoms with E-state index in [1.165, 1.54) is 98.7 Å². The lowest BCUT2D eigenvalue weighted by Gasteiger charge is -1.99. The van der Waals surface area contributed by atoms with Crippen LogP contribution in [0.3, 0.4) is 0 Å². The summed E-state index contributed by atoms with van der Waals surface area (Å²) in [4.78, 5) is 0. The minimum Gasteiger partial charge on any atom is -0.0885 e. The number of hydrogen-bond acceptors (Lipinski definition) is 0. The van der Waals surface area contributed by atoms with Crippen LogP contribution in [-0.2, 0) is 0 Å². The molecule has 20 heavy (non-hydrogen) atoms. The van der Waals surface area contributed by atoms with Crippen LogP contribution in [0.25, 0.3) is 0 Å². The van der Waals surface area contributed by atoms with Crippen molar-refractivity contribution in [1.29, 1.82) is 0 Å². The summed E-state index contributed by atoms with van der Waals surface area (Å²) in [7, 11) is 0. The first-order valence-corrected chi connectivity index (χ1v) is 11.7. The zero-order valence-corrected chi connectivity index (χ0v) is 17.5. The molecule has 0 aromatic carbocycles. The molecule has 2 heteroatoms. The van der Waals surface area contributed by atoms with Crippen molar-refractivity contribution in [2.75, 3.05) is 8.86 Å². The van der Waals surface area contributed by atoms with Crippen LogP contribution in [-0.4, -0.2) is 8.86 Å². The van der Waals surface area contributed by atoms with E-state index < -0.39 is 0 Å². The maximum absolute atomic E-state index is 2.48. The second kappa shape index (κ2) is 20.2. The van der Waals surface area contributed by atoms with E-state index in [1.807, 2.05) is 0 Å².